The van der Waals surface area contributed by atoms with E-state index in [1.807, 2.05) is 31.3 Å². The fourth-order valence-corrected chi connectivity index (χ4v) is 4.78. The standard InChI is InChI=1S/C23H28N4O4S/c1-4-27(5-2)32(29,30)20-12-13-22(31-6-3)21(16-20)25-23(28)19-10-8-18(9-11-19)17-26-15-7-14-24-26/h7-16H,4-6,17H2,1-3H3,(H,25,28). The molecule has 0 aliphatic carbocycles. The van der Waals surface area contributed by atoms with Crippen LogP contribution in [0.4, 0.5) is 5.69 Å². The highest BCUT2D eigenvalue weighted by molar-refractivity contribution is 7.89. The molecule has 0 aliphatic rings. The number of hydrogen-bond acceptors (Lipinski definition) is 5. The van der Waals surface area contributed by atoms with Crippen molar-refractivity contribution in [3.63, 3.8) is 0 Å². The summed E-state index contributed by atoms with van der Waals surface area (Å²) < 4.78 is 34.6. The van der Waals surface area contributed by atoms with Crippen molar-refractivity contribution >= 4 is 21.6 Å². The molecule has 1 N–H and O–H groups in total. The molecule has 0 spiro atoms. The Kier molecular flexibility index (Phi) is 7.66. The molecule has 0 aliphatic heterocycles. The lowest BCUT2D eigenvalue weighted by Gasteiger charge is -2.20. The van der Waals surface area contributed by atoms with E-state index in [0.717, 1.165) is 5.56 Å². The molecule has 1 amide bonds. The maximum atomic E-state index is 12.9. The summed E-state index contributed by atoms with van der Waals surface area (Å²) in [6.45, 7) is 7.10. The zero-order chi connectivity index (χ0) is 23.1. The number of sulfonamides is 1. The van der Waals surface area contributed by atoms with Gasteiger partial charge in [0.1, 0.15) is 5.75 Å². The van der Waals surface area contributed by atoms with Gasteiger partial charge >= 0.3 is 0 Å². The largest absolute Gasteiger partial charge is 0.492 e. The number of aromatic nitrogens is 2. The first-order valence-electron chi connectivity index (χ1n) is 10.5. The van der Waals surface area contributed by atoms with Gasteiger partial charge in [0, 0.05) is 31.0 Å². The number of nitrogens with one attached hydrogen (secondary N) is 1. The van der Waals surface area contributed by atoms with Crippen LogP contribution >= 0.6 is 0 Å². The third kappa shape index (κ3) is 5.35. The van der Waals surface area contributed by atoms with Crippen LogP contribution in [0.2, 0.25) is 0 Å². The number of nitrogens with zero attached hydrogens (tertiary/aromatic N) is 3. The minimum Gasteiger partial charge on any atom is -0.492 e. The van der Waals surface area contributed by atoms with E-state index in [9.17, 15) is 13.2 Å². The van der Waals surface area contributed by atoms with Crippen LogP contribution in [-0.2, 0) is 16.6 Å². The quantitative estimate of drug-likeness (QED) is 0.503. The summed E-state index contributed by atoms with van der Waals surface area (Å²) >= 11 is 0. The van der Waals surface area contributed by atoms with Crippen LogP contribution in [0.1, 0.15) is 36.7 Å². The fourth-order valence-electron chi connectivity index (χ4n) is 3.30. The Morgan fingerprint density at radius 1 is 1.09 bits per heavy atom. The van der Waals surface area contributed by atoms with Gasteiger partial charge in [-0.1, -0.05) is 26.0 Å². The molecule has 8 nitrogen and oxygen atoms in total. The highest BCUT2D eigenvalue weighted by Gasteiger charge is 2.23. The van der Waals surface area contributed by atoms with Gasteiger partial charge in [0.2, 0.25) is 10.0 Å². The topological polar surface area (TPSA) is 93.5 Å². The van der Waals surface area contributed by atoms with Crippen LogP contribution in [-0.4, -0.2) is 48.1 Å². The number of anilines is 1. The molecule has 2 aromatic carbocycles. The van der Waals surface area contributed by atoms with Crippen LogP contribution in [0.25, 0.3) is 0 Å². The van der Waals surface area contributed by atoms with E-state index in [2.05, 4.69) is 10.4 Å². The van der Waals surface area contributed by atoms with Crippen molar-refractivity contribution in [2.75, 3.05) is 25.0 Å². The number of carbonyl (C=O) groups is 1. The highest BCUT2D eigenvalue weighted by atomic mass is 32.2. The number of benzene rings is 2. The van der Waals surface area contributed by atoms with Crippen molar-refractivity contribution < 1.29 is 17.9 Å². The van der Waals surface area contributed by atoms with Crippen molar-refractivity contribution in [3.8, 4) is 5.75 Å². The van der Waals surface area contributed by atoms with Gasteiger partial charge in [0.25, 0.3) is 5.91 Å². The first kappa shape index (κ1) is 23.5. The molecule has 0 unspecified atom stereocenters. The monoisotopic (exact) mass is 456 g/mol. The Bertz CT molecular complexity index is 1140. The lowest BCUT2D eigenvalue weighted by Crippen LogP contribution is -2.30. The Hall–Kier alpha value is -3.17. The molecule has 170 valence electrons. The minimum atomic E-state index is -3.67. The van der Waals surface area contributed by atoms with Gasteiger partial charge in [-0.15, -0.1) is 0 Å². The number of ether oxygens (including phenoxy) is 1. The van der Waals surface area contributed by atoms with Crippen LogP contribution in [0.3, 0.4) is 0 Å². The molecule has 0 radical (unpaired) electrons. The summed E-state index contributed by atoms with van der Waals surface area (Å²) in [5.74, 6) is 0.0589. The zero-order valence-corrected chi connectivity index (χ0v) is 19.3. The van der Waals surface area contributed by atoms with E-state index < -0.39 is 10.0 Å². The van der Waals surface area contributed by atoms with Crippen LogP contribution in [0, 0.1) is 0 Å². The van der Waals surface area contributed by atoms with Crippen LogP contribution in [0.15, 0.2) is 65.8 Å². The maximum absolute atomic E-state index is 12.9. The summed E-state index contributed by atoms with van der Waals surface area (Å²) in [5, 5.41) is 6.98. The lowest BCUT2D eigenvalue weighted by atomic mass is 10.1. The zero-order valence-electron chi connectivity index (χ0n) is 18.5. The van der Waals surface area contributed by atoms with Crippen molar-refractivity contribution in [2.45, 2.75) is 32.2 Å². The Labute approximate surface area is 188 Å². The average molecular weight is 457 g/mol. The number of carbonyl (C=O) groups excluding carboxylic acids is 1. The third-order valence-electron chi connectivity index (χ3n) is 4.96. The molecule has 0 atom stereocenters. The molecule has 0 fully saturated rings. The molecule has 0 saturated carbocycles. The summed E-state index contributed by atoms with van der Waals surface area (Å²) in [6.07, 6.45) is 3.58. The summed E-state index contributed by atoms with van der Waals surface area (Å²) in [7, 11) is -3.67. The smallest absolute Gasteiger partial charge is 0.255 e. The number of amides is 1. The second kappa shape index (κ2) is 10.4. The first-order valence-corrected chi connectivity index (χ1v) is 12.0. The van der Waals surface area contributed by atoms with E-state index in [1.54, 1.807) is 42.9 Å². The van der Waals surface area contributed by atoms with E-state index in [0.29, 0.717) is 43.2 Å². The first-order chi connectivity index (χ1) is 15.4. The molecule has 3 aromatic rings. The maximum Gasteiger partial charge on any atom is 0.255 e. The molecular formula is C23H28N4O4S. The molecule has 1 heterocycles. The highest BCUT2D eigenvalue weighted by Crippen LogP contribution is 2.30. The predicted molar refractivity (Wildman–Crippen MR) is 123 cm³/mol. The van der Waals surface area contributed by atoms with Crippen LogP contribution < -0.4 is 10.1 Å². The van der Waals surface area contributed by atoms with E-state index in [1.165, 1.54) is 16.4 Å². The number of rotatable bonds is 10. The summed E-state index contributed by atoms with van der Waals surface area (Å²) in [6, 6.07) is 13.6. The average Bonchev–Trinajstić information content (AvgIpc) is 3.29. The third-order valence-corrected chi connectivity index (χ3v) is 7.01. The van der Waals surface area contributed by atoms with Crippen molar-refractivity contribution in [2.24, 2.45) is 0 Å². The molecule has 9 heteroatoms. The summed E-state index contributed by atoms with van der Waals surface area (Å²) in [5.41, 5.74) is 1.77. The second-order valence-electron chi connectivity index (χ2n) is 7.03. The predicted octanol–water partition coefficient (Wildman–Crippen LogP) is 3.61. The van der Waals surface area contributed by atoms with E-state index in [-0.39, 0.29) is 10.8 Å². The van der Waals surface area contributed by atoms with E-state index >= 15 is 0 Å². The van der Waals surface area contributed by atoms with Crippen molar-refractivity contribution in [3.05, 3.63) is 72.1 Å². The Balaban J connectivity index is 1.83. The molecule has 32 heavy (non-hydrogen) atoms. The van der Waals surface area contributed by atoms with Gasteiger partial charge in [-0.2, -0.15) is 9.40 Å². The van der Waals surface area contributed by atoms with Gasteiger partial charge in [-0.3, -0.25) is 9.48 Å². The van der Waals surface area contributed by atoms with Crippen molar-refractivity contribution in [1.82, 2.24) is 14.1 Å². The lowest BCUT2D eigenvalue weighted by molar-refractivity contribution is 0.102. The van der Waals surface area contributed by atoms with Gasteiger partial charge in [-0.25, -0.2) is 8.42 Å². The number of hydrogen-bond donors (Lipinski definition) is 1. The van der Waals surface area contributed by atoms with Gasteiger partial charge in [0.05, 0.1) is 23.7 Å². The SMILES string of the molecule is CCOc1ccc(S(=O)(=O)N(CC)CC)cc1NC(=O)c1ccc(Cn2cccn2)cc1. The molecule has 0 bridgehead atoms. The minimum absolute atomic E-state index is 0.106. The molecule has 0 saturated heterocycles. The van der Waals surface area contributed by atoms with Crippen molar-refractivity contribution in [1.29, 1.82) is 0 Å². The summed E-state index contributed by atoms with van der Waals surface area (Å²) in [4.78, 5) is 13.0. The van der Waals surface area contributed by atoms with Gasteiger partial charge in [0.15, 0.2) is 0 Å². The van der Waals surface area contributed by atoms with E-state index in [4.69, 9.17) is 4.74 Å². The Morgan fingerprint density at radius 3 is 2.41 bits per heavy atom. The normalized spacial score (nSPS) is 11.5. The van der Waals surface area contributed by atoms with Gasteiger partial charge < -0.3 is 10.1 Å². The van der Waals surface area contributed by atoms with Crippen LogP contribution in [0.5, 0.6) is 5.75 Å². The molecule has 3 rings (SSSR count). The fraction of sp³-hybridized carbons (Fsp3) is 0.304. The molecule has 1 aromatic heterocycles. The Morgan fingerprint density at radius 2 is 1.81 bits per heavy atom. The van der Waals surface area contributed by atoms with Gasteiger partial charge in [-0.05, 0) is 48.9 Å². The molecular weight excluding hydrogens is 428 g/mol. The second-order valence-corrected chi connectivity index (χ2v) is 8.97.